The second-order valence-corrected chi connectivity index (χ2v) is 11.3. The van der Waals surface area contributed by atoms with Crippen LogP contribution in [0.4, 0.5) is 10.1 Å². The molecule has 0 bridgehead atoms. The Morgan fingerprint density at radius 3 is 2.16 bits per heavy atom. The number of aromatic nitrogens is 1. The molecule has 45 heavy (non-hydrogen) atoms. The fourth-order valence-corrected chi connectivity index (χ4v) is 5.50. The molecule has 4 rings (SSSR count). The van der Waals surface area contributed by atoms with Crippen molar-refractivity contribution in [2.24, 2.45) is 0 Å². The number of nitrogens with one attached hydrogen (secondary N) is 1. The summed E-state index contributed by atoms with van der Waals surface area (Å²) in [7, 11) is 0. The smallest absolute Gasteiger partial charge is 0.308 e. The minimum atomic E-state index is -1.11. The summed E-state index contributed by atoms with van der Waals surface area (Å²) >= 11 is 0. The highest BCUT2D eigenvalue weighted by molar-refractivity contribution is 6.12. The summed E-state index contributed by atoms with van der Waals surface area (Å²) in [5.41, 5.74) is 4.80. The van der Waals surface area contributed by atoms with E-state index < -0.39 is 18.2 Å². The predicted molar refractivity (Wildman–Crippen MR) is 172 cm³/mol. The molecule has 2 atom stereocenters. The molecular weight excluding hydrogens is 575 g/mol. The number of ether oxygens (including phenoxy) is 1. The van der Waals surface area contributed by atoms with Crippen LogP contribution >= 0.6 is 0 Å². The number of aliphatic hydroxyl groups is 3. The molecular formula is C36H41FN2O6. The number of esters is 1. The molecule has 0 spiro atoms. The van der Waals surface area contributed by atoms with Gasteiger partial charge in [-0.05, 0) is 66.3 Å². The van der Waals surface area contributed by atoms with E-state index in [-0.39, 0.29) is 56.7 Å². The average molecular weight is 617 g/mol. The SMILES string of the molecule is CC(C)c1c(C(=O)Nc2ccccc2)c(-c2ccccc2)c(-c2ccc(F)cc2)n1CC[C@@H](O)C[C@@H](O)CC(=O)OCCCO. The monoisotopic (exact) mass is 616 g/mol. The zero-order valence-corrected chi connectivity index (χ0v) is 25.7. The zero-order chi connectivity index (χ0) is 32.3. The number of carbonyl (C=O) groups is 2. The van der Waals surface area contributed by atoms with Crippen molar-refractivity contribution in [3.05, 3.63) is 102 Å². The van der Waals surface area contributed by atoms with Crippen molar-refractivity contribution in [3.8, 4) is 22.4 Å². The number of anilines is 1. The number of nitrogens with zero attached hydrogens (tertiary/aromatic N) is 1. The number of rotatable bonds is 15. The molecule has 0 aliphatic heterocycles. The van der Waals surface area contributed by atoms with Gasteiger partial charge in [0.15, 0.2) is 0 Å². The Balaban J connectivity index is 1.75. The lowest BCUT2D eigenvalue weighted by atomic mass is 9.94. The van der Waals surface area contributed by atoms with Gasteiger partial charge < -0.3 is 29.9 Å². The third-order valence-corrected chi connectivity index (χ3v) is 7.49. The minimum absolute atomic E-state index is 0.0494. The van der Waals surface area contributed by atoms with Gasteiger partial charge in [0.1, 0.15) is 5.82 Å². The van der Waals surface area contributed by atoms with Crippen molar-refractivity contribution in [2.45, 2.75) is 64.2 Å². The topological polar surface area (TPSA) is 121 Å². The Morgan fingerprint density at radius 1 is 0.889 bits per heavy atom. The maximum Gasteiger partial charge on any atom is 0.308 e. The first-order valence-electron chi connectivity index (χ1n) is 15.3. The fraction of sp³-hybridized carbons (Fsp3) is 0.333. The molecule has 238 valence electrons. The van der Waals surface area contributed by atoms with E-state index in [2.05, 4.69) is 5.32 Å². The number of carbonyl (C=O) groups excluding carboxylic acids is 2. The molecule has 1 heterocycles. The Morgan fingerprint density at radius 2 is 1.53 bits per heavy atom. The zero-order valence-electron chi connectivity index (χ0n) is 25.7. The van der Waals surface area contributed by atoms with E-state index in [1.807, 2.05) is 79.1 Å². The minimum Gasteiger partial charge on any atom is -0.466 e. The van der Waals surface area contributed by atoms with Crippen LogP contribution in [0.1, 0.15) is 61.5 Å². The molecule has 0 radical (unpaired) electrons. The van der Waals surface area contributed by atoms with Crippen LogP contribution in [0.2, 0.25) is 0 Å². The summed E-state index contributed by atoms with van der Waals surface area (Å²) in [6.07, 6.45) is -1.87. The largest absolute Gasteiger partial charge is 0.466 e. The lowest BCUT2D eigenvalue weighted by Gasteiger charge is -2.20. The first kappa shape index (κ1) is 33.6. The number of hydrogen-bond donors (Lipinski definition) is 4. The molecule has 0 aliphatic rings. The molecule has 4 aromatic rings. The number of halogens is 1. The number of aliphatic hydroxyl groups excluding tert-OH is 3. The van der Waals surface area contributed by atoms with E-state index in [0.717, 1.165) is 11.3 Å². The Bertz CT molecular complexity index is 1540. The van der Waals surface area contributed by atoms with Crippen molar-refractivity contribution in [3.63, 3.8) is 0 Å². The normalized spacial score (nSPS) is 12.6. The third-order valence-electron chi connectivity index (χ3n) is 7.49. The highest BCUT2D eigenvalue weighted by Crippen LogP contribution is 2.42. The maximum atomic E-state index is 14.1. The Labute approximate surface area is 263 Å². The number of para-hydroxylation sites is 1. The van der Waals surface area contributed by atoms with Crippen LogP contribution in [-0.4, -0.2) is 57.2 Å². The van der Waals surface area contributed by atoms with Gasteiger partial charge in [-0.2, -0.15) is 0 Å². The van der Waals surface area contributed by atoms with Crippen LogP contribution in [0, 0.1) is 5.82 Å². The molecule has 0 saturated carbocycles. The molecule has 1 aromatic heterocycles. The first-order chi connectivity index (χ1) is 21.7. The van der Waals surface area contributed by atoms with E-state index in [4.69, 9.17) is 9.84 Å². The molecule has 0 unspecified atom stereocenters. The van der Waals surface area contributed by atoms with Gasteiger partial charge >= 0.3 is 5.97 Å². The van der Waals surface area contributed by atoms with Gasteiger partial charge in [-0.15, -0.1) is 0 Å². The summed E-state index contributed by atoms with van der Waals surface area (Å²) in [4.78, 5) is 26.1. The number of hydrogen-bond acceptors (Lipinski definition) is 6. The molecule has 0 fully saturated rings. The summed E-state index contributed by atoms with van der Waals surface area (Å²) in [6, 6.07) is 24.9. The van der Waals surface area contributed by atoms with Crippen LogP contribution in [-0.2, 0) is 16.1 Å². The van der Waals surface area contributed by atoms with Gasteiger partial charge in [0.25, 0.3) is 5.91 Å². The predicted octanol–water partition coefficient (Wildman–Crippen LogP) is 6.15. The van der Waals surface area contributed by atoms with E-state index in [9.17, 15) is 24.2 Å². The molecule has 8 nitrogen and oxygen atoms in total. The number of amides is 1. The van der Waals surface area contributed by atoms with Crippen molar-refractivity contribution in [1.29, 1.82) is 0 Å². The number of benzene rings is 3. The molecule has 0 aliphatic carbocycles. The highest BCUT2D eigenvalue weighted by Gasteiger charge is 2.31. The molecule has 0 saturated heterocycles. The Kier molecular flexibility index (Phi) is 12.0. The van der Waals surface area contributed by atoms with Gasteiger partial charge in [-0.1, -0.05) is 62.4 Å². The molecule has 3 aromatic carbocycles. The third kappa shape index (κ3) is 8.88. The van der Waals surface area contributed by atoms with Crippen molar-refractivity contribution in [1.82, 2.24) is 4.57 Å². The van der Waals surface area contributed by atoms with Crippen LogP contribution in [0.3, 0.4) is 0 Å². The van der Waals surface area contributed by atoms with E-state index in [1.54, 1.807) is 12.1 Å². The van der Waals surface area contributed by atoms with Gasteiger partial charge in [0.05, 0.1) is 36.5 Å². The summed E-state index contributed by atoms with van der Waals surface area (Å²) in [5.74, 6) is -1.39. The van der Waals surface area contributed by atoms with Crippen LogP contribution in [0.15, 0.2) is 84.9 Å². The van der Waals surface area contributed by atoms with Gasteiger partial charge in [0, 0.05) is 36.5 Å². The molecule has 4 N–H and O–H groups in total. The second kappa shape index (κ2) is 16.1. The van der Waals surface area contributed by atoms with Crippen LogP contribution < -0.4 is 5.32 Å². The van der Waals surface area contributed by atoms with E-state index >= 15 is 0 Å². The fourth-order valence-electron chi connectivity index (χ4n) is 5.50. The van der Waals surface area contributed by atoms with Crippen LogP contribution in [0.5, 0.6) is 0 Å². The summed E-state index contributed by atoms with van der Waals surface area (Å²) in [6.45, 7) is 4.24. The quantitative estimate of drug-likeness (QED) is 0.0939. The first-order valence-corrected chi connectivity index (χ1v) is 15.3. The summed E-state index contributed by atoms with van der Waals surface area (Å²) in [5, 5.41) is 33.3. The Hall–Kier alpha value is -4.31. The lowest BCUT2D eigenvalue weighted by molar-refractivity contribution is -0.146. The maximum absolute atomic E-state index is 14.1. The van der Waals surface area contributed by atoms with Gasteiger partial charge in [-0.25, -0.2) is 4.39 Å². The second-order valence-electron chi connectivity index (χ2n) is 11.3. The average Bonchev–Trinajstić information content (AvgIpc) is 3.37. The standard InChI is InChI=1S/C36H41FN2O6/c1-24(2)34-33(36(44)38-28-12-7-4-8-13-28)32(25-10-5-3-6-11-25)35(26-14-16-27(37)17-15-26)39(34)19-18-29(41)22-30(42)23-31(43)45-21-9-20-40/h3-8,10-17,24,29-30,40-42H,9,18-23H2,1-2H3,(H,38,44)/t29-,30-/m1/s1. The molecule has 9 heteroatoms. The van der Waals surface area contributed by atoms with E-state index in [1.165, 1.54) is 12.1 Å². The van der Waals surface area contributed by atoms with Crippen molar-refractivity contribution < 1.29 is 34.0 Å². The lowest BCUT2D eigenvalue weighted by Crippen LogP contribution is -2.23. The summed E-state index contributed by atoms with van der Waals surface area (Å²) < 4.78 is 21.1. The molecule has 1 amide bonds. The van der Waals surface area contributed by atoms with Crippen LogP contribution in [0.25, 0.3) is 22.4 Å². The highest BCUT2D eigenvalue weighted by atomic mass is 19.1. The van der Waals surface area contributed by atoms with Gasteiger partial charge in [0.2, 0.25) is 0 Å². The van der Waals surface area contributed by atoms with Gasteiger partial charge in [-0.3, -0.25) is 9.59 Å². The van der Waals surface area contributed by atoms with Crippen molar-refractivity contribution >= 4 is 17.6 Å². The van der Waals surface area contributed by atoms with E-state index in [0.29, 0.717) is 34.5 Å². The van der Waals surface area contributed by atoms with Crippen molar-refractivity contribution in [2.75, 3.05) is 18.5 Å².